The highest BCUT2D eigenvalue weighted by molar-refractivity contribution is 5.40. The maximum atomic E-state index is 13.7. The fourth-order valence-corrected chi connectivity index (χ4v) is 2.73. The van der Waals surface area contributed by atoms with Crippen molar-refractivity contribution in [2.75, 3.05) is 38.5 Å². The number of hydrogen-bond acceptors (Lipinski definition) is 3. The molecule has 4 heteroatoms. The average molecular weight is 263 g/mol. The van der Waals surface area contributed by atoms with Crippen LogP contribution in [0.2, 0.25) is 0 Å². The van der Waals surface area contributed by atoms with Crippen LogP contribution in [0.15, 0.2) is 18.2 Å². The van der Waals surface area contributed by atoms with Crippen molar-refractivity contribution in [2.24, 2.45) is 5.92 Å². The van der Waals surface area contributed by atoms with Crippen molar-refractivity contribution < 1.29 is 4.39 Å². The van der Waals surface area contributed by atoms with Crippen molar-refractivity contribution >= 4 is 5.69 Å². The van der Waals surface area contributed by atoms with Gasteiger partial charge in [0.15, 0.2) is 0 Å². The van der Waals surface area contributed by atoms with Gasteiger partial charge < -0.3 is 10.6 Å². The summed E-state index contributed by atoms with van der Waals surface area (Å²) >= 11 is 0. The Balaban J connectivity index is 1.50. The first-order valence-electron chi connectivity index (χ1n) is 7.19. The predicted molar refractivity (Wildman–Crippen MR) is 75.3 cm³/mol. The van der Waals surface area contributed by atoms with Crippen LogP contribution in [-0.4, -0.2) is 42.5 Å². The van der Waals surface area contributed by atoms with Gasteiger partial charge in [-0.15, -0.1) is 0 Å². The molecule has 2 fully saturated rings. The molecule has 0 amide bonds. The number of hydrogen-bond donors (Lipinski definition) is 1. The second kappa shape index (κ2) is 5.47. The first-order valence-corrected chi connectivity index (χ1v) is 7.19. The number of piperazine rings is 1. The average Bonchev–Trinajstić information content (AvgIpc) is 3.19. The Bertz CT molecular complexity index is 437. The summed E-state index contributed by atoms with van der Waals surface area (Å²) in [6, 6.07) is 5.00. The lowest BCUT2D eigenvalue weighted by Crippen LogP contribution is -2.46. The van der Waals surface area contributed by atoms with E-state index in [1.54, 1.807) is 12.1 Å². The molecule has 1 heterocycles. The molecule has 0 aromatic heterocycles. The number of nitrogens with zero attached hydrogens (tertiary/aromatic N) is 2. The summed E-state index contributed by atoms with van der Waals surface area (Å²) in [5.74, 6) is 0.779. The molecule has 0 bridgehead atoms. The first-order chi connectivity index (χ1) is 9.20. The van der Waals surface area contributed by atoms with E-state index in [4.69, 9.17) is 5.73 Å². The molecule has 1 aliphatic carbocycles. The molecule has 104 valence electrons. The second-order valence-corrected chi connectivity index (χ2v) is 5.87. The highest BCUT2D eigenvalue weighted by atomic mass is 19.1. The first kappa shape index (κ1) is 12.9. The fourth-order valence-electron chi connectivity index (χ4n) is 2.73. The maximum Gasteiger partial charge on any atom is 0.129 e. The molecule has 0 radical (unpaired) electrons. The van der Waals surface area contributed by atoms with E-state index in [0.29, 0.717) is 12.2 Å². The lowest BCUT2D eigenvalue weighted by Gasteiger charge is -2.34. The van der Waals surface area contributed by atoms with Crippen molar-refractivity contribution in [1.82, 2.24) is 9.80 Å². The number of halogens is 1. The second-order valence-electron chi connectivity index (χ2n) is 5.87. The Morgan fingerprint density at radius 2 is 1.79 bits per heavy atom. The third kappa shape index (κ3) is 3.45. The van der Waals surface area contributed by atoms with Gasteiger partial charge in [-0.3, -0.25) is 4.90 Å². The summed E-state index contributed by atoms with van der Waals surface area (Å²) in [6.45, 7) is 6.28. The summed E-state index contributed by atoms with van der Waals surface area (Å²) in [5.41, 5.74) is 6.82. The van der Waals surface area contributed by atoms with E-state index in [2.05, 4.69) is 9.80 Å². The monoisotopic (exact) mass is 263 g/mol. The quantitative estimate of drug-likeness (QED) is 0.843. The number of nitrogens with two attached hydrogens (primary N) is 1. The lowest BCUT2D eigenvalue weighted by molar-refractivity contribution is 0.122. The van der Waals surface area contributed by atoms with Crippen LogP contribution < -0.4 is 5.73 Å². The normalized spacial score (nSPS) is 21.7. The predicted octanol–water partition coefficient (Wildman–Crippen LogP) is 1.94. The molecule has 3 rings (SSSR count). The summed E-state index contributed by atoms with van der Waals surface area (Å²) < 4.78 is 13.7. The minimum Gasteiger partial charge on any atom is -0.399 e. The van der Waals surface area contributed by atoms with Crippen LogP contribution in [0.1, 0.15) is 18.4 Å². The van der Waals surface area contributed by atoms with Gasteiger partial charge in [-0.25, -0.2) is 4.39 Å². The molecular weight excluding hydrogens is 241 g/mol. The molecule has 19 heavy (non-hydrogen) atoms. The van der Waals surface area contributed by atoms with Gasteiger partial charge in [-0.05, 0) is 30.9 Å². The van der Waals surface area contributed by atoms with Gasteiger partial charge in [0.25, 0.3) is 0 Å². The van der Waals surface area contributed by atoms with E-state index >= 15 is 0 Å². The molecule has 0 spiro atoms. The van der Waals surface area contributed by atoms with Crippen molar-refractivity contribution in [2.45, 2.75) is 19.4 Å². The molecule has 1 aliphatic heterocycles. The van der Waals surface area contributed by atoms with Gasteiger partial charge in [-0.2, -0.15) is 0 Å². The molecule has 1 saturated heterocycles. The Labute approximate surface area is 114 Å². The molecule has 1 saturated carbocycles. The van der Waals surface area contributed by atoms with E-state index in [-0.39, 0.29) is 5.82 Å². The van der Waals surface area contributed by atoms with Crippen LogP contribution in [-0.2, 0) is 6.54 Å². The van der Waals surface area contributed by atoms with E-state index in [1.807, 2.05) is 0 Å². The van der Waals surface area contributed by atoms with Crippen LogP contribution >= 0.6 is 0 Å². The van der Waals surface area contributed by atoms with E-state index in [0.717, 1.165) is 37.7 Å². The molecule has 1 aromatic carbocycles. The smallest absolute Gasteiger partial charge is 0.129 e. The third-order valence-electron chi connectivity index (χ3n) is 4.15. The highest BCUT2D eigenvalue weighted by Crippen LogP contribution is 2.30. The molecule has 2 aliphatic rings. The zero-order chi connectivity index (χ0) is 13.2. The number of nitrogen functional groups attached to an aromatic ring is 1. The zero-order valence-electron chi connectivity index (χ0n) is 11.3. The van der Waals surface area contributed by atoms with Crippen LogP contribution in [0.4, 0.5) is 10.1 Å². The summed E-state index contributed by atoms with van der Waals surface area (Å²) in [6.07, 6.45) is 2.83. The van der Waals surface area contributed by atoms with Crippen LogP contribution in [0, 0.1) is 11.7 Å². The molecular formula is C15H22FN3. The van der Waals surface area contributed by atoms with Gasteiger partial charge >= 0.3 is 0 Å². The van der Waals surface area contributed by atoms with E-state index < -0.39 is 0 Å². The molecule has 1 aromatic rings. The van der Waals surface area contributed by atoms with Crippen molar-refractivity contribution in [3.63, 3.8) is 0 Å². The summed E-state index contributed by atoms with van der Waals surface area (Å²) in [5, 5.41) is 0. The topological polar surface area (TPSA) is 32.5 Å². The SMILES string of the molecule is Nc1ccc(CN2CCN(CC3CC3)CC2)c(F)c1. The number of anilines is 1. The molecule has 3 nitrogen and oxygen atoms in total. The van der Waals surface area contributed by atoms with Gasteiger partial charge in [0.05, 0.1) is 0 Å². The Hall–Kier alpha value is -1.13. The van der Waals surface area contributed by atoms with Gasteiger partial charge in [0.2, 0.25) is 0 Å². The fraction of sp³-hybridized carbons (Fsp3) is 0.600. The largest absolute Gasteiger partial charge is 0.399 e. The Morgan fingerprint density at radius 3 is 2.42 bits per heavy atom. The Morgan fingerprint density at radius 1 is 1.11 bits per heavy atom. The lowest BCUT2D eigenvalue weighted by atomic mass is 10.1. The minimum atomic E-state index is -0.180. The van der Waals surface area contributed by atoms with Crippen molar-refractivity contribution in [3.8, 4) is 0 Å². The van der Waals surface area contributed by atoms with Crippen LogP contribution in [0.3, 0.4) is 0 Å². The molecule has 2 N–H and O–H groups in total. The molecule has 0 unspecified atom stereocenters. The number of benzene rings is 1. The van der Waals surface area contributed by atoms with Gasteiger partial charge in [0, 0.05) is 50.5 Å². The van der Waals surface area contributed by atoms with E-state index in [9.17, 15) is 4.39 Å². The maximum absolute atomic E-state index is 13.7. The van der Waals surface area contributed by atoms with Gasteiger partial charge in [-0.1, -0.05) is 6.07 Å². The Kier molecular flexibility index (Phi) is 3.71. The van der Waals surface area contributed by atoms with Crippen LogP contribution in [0.5, 0.6) is 0 Å². The summed E-state index contributed by atoms with van der Waals surface area (Å²) in [4.78, 5) is 4.88. The standard InChI is InChI=1S/C15H22FN3/c16-15-9-14(17)4-3-13(15)11-19-7-5-18(6-8-19)10-12-1-2-12/h3-4,9,12H,1-2,5-8,10-11,17H2. The third-order valence-corrected chi connectivity index (χ3v) is 4.15. The minimum absolute atomic E-state index is 0.180. The summed E-state index contributed by atoms with van der Waals surface area (Å²) in [7, 11) is 0. The molecule has 0 atom stereocenters. The van der Waals surface area contributed by atoms with Crippen molar-refractivity contribution in [1.29, 1.82) is 0 Å². The zero-order valence-corrected chi connectivity index (χ0v) is 11.3. The van der Waals surface area contributed by atoms with Gasteiger partial charge in [0.1, 0.15) is 5.82 Å². The number of rotatable bonds is 4. The van der Waals surface area contributed by atoms with E-state index in [1.165, 1.54) is 25.5 Å². The van der Waals surface area contributed by atoms with Crippen molar-refractivity contribution in [3.05, 3.63) is 29.6 Å². The van der Waals surface area contributed by atoms with Crippen LogP contribution in [0.25, 0.3) is 0 Å². The highest BCUT2D eigenvalue weighted by Gasteiger charge is 2.26.